The molecule has 0 unspecified atom stereocenters. The Balaban J connectivity index is 1.29. The van der Waals surface area contributed by atoms with Crippen molar-refractivity contribution in [2.24, 2.45) is 5.41 Å². The Labute approximate surface area is 169 Å². The molecule has 1 N–H and O–H groups in total. The van der Waals surface area contributed by atoms with E-state index in [1.807, 2.05) is 30.4 Å². The van der Waals surface area contributed by atoms with Gasteiger partial charge in [-0.2, -0.15) is 0 Å². The van der Waals surface area contributed by atoms with Crippen LogP contribution in [-0.2, 0) is 16.0 Å². The molecule has 3 aliphatic rings. The van der Waals surface area contributed by atoms with E-state index in [-0.39, 0.29) is 17.9 Å². The van der Waals surface area contributed by atoms with E-state index in [1.165, 1.54) is 5.56 Å². The first-order valence-electron chi connectivity index (χ1n) is 9.97. The van der Waals surface area contributed by atoms with Crippen LogP contribution in [0.15, 0.2) is 36.7 Å². The highest BCUT2D eigenvalue weighted by Crippen LogP contribution is 2.42. The largest absolute Gasteiger partial charge is 0.480 e. The van der Waals surface area contributed by atoms with Crippen molar-refractivity contribution in [3.05, 3.63) is 42.2 Å². The number of carbonyl (C=O) groups excluding carboxylic acids is 1. The number of hydrogen-bond donors (Lipinski definition) is 1. The molecule has 1 spiro atoms. The highest BCUT2D eigenvalue weighted by molar-refractivity contribution is 5.96. The fourth-order valence-corrected chi connectivity index (χ4v) is 4.95. The zero-order valence-corrected chi connectivity index (χ0v) is 16.5. The number of amides is 1. The van der Waals surface area contributed by atoms with Gasteiger partial charge in [0.05, 0.1) is 18.4 Å². The number of carboxylic acids is 1. The van der Waals surface area contributed by atoms with Gasteiger partial charge in [-0.25, -0.2) is 0 Å². The molecule has 0 radical (unpaired) electrons. The van der Waals surface area contributed by atoms with Crippen molar-refractivity contribution >= 4 is 23.3 Å². The van der Waals surface area contributed by atoms with Crippen LogP contribution in [0.3, 0.4) is 0 Å². The summed E-state index contributed by atoms with van der Waals surface area (Å²) in [5.41, 5.74) is 5.74. The number of aryl methyl sites for hydroxylation is 1. The topological polar surface area (TPSA) is 77.0 Å². The van der Waals surface area contributed by atoms with Crippen molar-refractivity contribution < 1.29 is 14.7 Å². The third-order valence-corrected chi connectivity index (χ3v) is 6.37. The second-order valence-corrected chi connectivity index (χ2v) is 8.62. The highest BCUT2D eigenvalue weighted by Gasteiger charge is 2.51. The van der Waals surface area contributed by atoms with Crippen LogP contribution in [0.4, 0.5) is 11.4 Å². The Hall–Kier alpha value is -2.93. The van der Waals surface area contributed by atoms with Gasteiger partial charge >= 0.3 is 5.97 Å². The predicted octanol–water partition coefficient (Wildman–Crippen LogP) is 1.86. The lowest BCUT2D eigenvalue weighted by molar-refractivity contribution is -0.142. The first-order chi connectivity index (χ1) is 13.9. The molecule has 2 fully saturated rings. The van der Waals surface area contributed by atoms with E-state index in [1.54, 1.807) is 4.90 Å². The summed E-state index contributed by atoms with van der Waals surface area (Å²) in [6.07, 6.45) is 5.12. The molecule has 3 aliphatic heterocycles. The Bertz CT molecular complexity index is 991. The van der Waals surface area contributed by atoms with Gasteiger partial charge in [-0.05, 0) is 35.7 Å². The van der Waals surface area contributed by atoms with Gasteiger partial charge in [-0.1, -0.05) is 6.07 Å². The fraction of sp³-hybridized carbons (Fsp3) is 0.409. The molecule has 5 rings (SSSR count). The normalized spacial score (nSPS) is 20.2. The number of anilines is 2. The van der Waals surface area contributed by atoms with E-state index >= 15 is 0 Å². The number of carboxylic acid groups (broad SMARTS) is 1. The van der Waals surface area contributed by atoms with Crippen LogP contribution in [-0.4, -0.2) is 66.6 Å². The lowest BCUT2D eigenvalue weighted by atomic mass is 9.72. The number of aliphatic carboxylic acids is 1. The molecule has 0 atom stereocenters. The minimum Gasteiger partial charge on any atom is -0.480 e. The molecule has 1 aromatic carbocycles. The van der Waals surface area contributed by atoms with Gasteiger partial charge in [0, 0.05) is 62.5 Å². The second-order valence-electron chi connectivity index (χ2n) is 8.62. The summed E-state index contributed by atoms with van der Waals surface area (Å²) in [6.45, 7) is 3.76. The Kier molecular flexibility index (Phi) is 4.10. The van der Waals surface area contributed by atoms with E-state index < -0.39 is 5.97 Å². The molecule has 29 heavy (non-hydrogen) atoms. The number of likely N-dealkylation sites (tertiary alicyclic amines) is 1. The van der Waals surface area contributed by atoms with Crippen LogP contribution in [0.1, 0.15) is 12.0 Å². The molecule has 0 aliphatic carbocycles. The molecular formula is C22H24N4O3. The fourth-order valence-electron chi connectivity index (χ4n) is 4.95. The maximum atomic E-state index is 11.9. The van der Waals surface area contributed by atoms with Crippen molar-refractivity contribution in [1.29, 1.82) is 0 Å². The Morgan fingerprint density at radius 3 is 2.66 bits per heavy atom. The van der Waals surface area contributed by atoms with Crippen LogP contribution >= 0.6 is 0 Å². The third-order valence-electron chi connectivity index (χ3n) is 6.37. The average Bonchev–Trinajstić information content (AvgIpc) is 2.65. The van der Waals surface area contributed by atoms with Gasteiger partial charge in [0.1, 0.15) is 0 Å². The van der Waals surface area contributed by atoms with E-state index in [0.29, 0.717) is 6.42 Å². The molecule has 2 aromatic rings. The van der Waals surface area contributed by atoms with Gasteiger partial charge in [0.25, 0.3) is 0 Å². The lowest BCUT2D eigenvalue weighted by Crippen LogP contribution is -2.72. The molecule has 150 valence electrons. The molecule has 7 nitrogen and oxygen atoms in total. The van der Waals surface area contributed by atoms with Crippen LogP contribution in [0.25, 0.3) is 11.1 Å². The van der Waals surface area contributed by atoms with E-state index in [2.05, 4.69) is 28.1 Å². The van der Waals surface area contributed by atoms with Gasteiger partial charge in [0.2, 0.25) is 5.91 Å². The smallest absolute Gasteiger partial charge is 0.317 e. The van der Waals surface area contributed by atoms with Crippen molar-refractivity contribution in [3.63, 3.8) is 0 Å². The lowest BCUT2D eigenvalue weighted by Gasteiger charge is -2.60. The molecule has 4 heterocycles. The van der Waals surface area contributed by atoms with E-state index in [9.17, 15) is 9.59 Å². The number of pyridine rings is 1. The number of hydrogen-bond acceptors (Lipinski definition) is 5. The first kappa shape index (κ1) is 18.1. The monoisotopic (exact) mass is 392 g/mol. The van der Waals surface area contributed by atoms with Crippen LogP contribution in [0.2, 0.25) is 0 Å². The van der Waals surface area contributed by atoms with E-state index in [0.717, 1.165) is 55.1 Å². The number of carbonyl (C=O) groups is 2. The van der Waals surface area contributed by atoms with Gasteiger partial charge < -0.3 is 14.9 Å². The highest BCUT2D eigenvalue weighted by atomic mass is 16.4. The maximum Gasteiger partial charge on any atom is 0.317 e. The average molecular weight is 392 g/mol. The first-order valence-corrected chi connectivity index (χ1v) is 9.97. The molecule has 0 saturated carbocycles. The van der Waals surface area contributed by atoms with Crippen molar-refractivity contribution in [3.8, 4) is 11.1 Å². The molecule has 1 aromatic heterocycles. The molecule has 1 amide bonds. The summed E-state index contributed by atoms with van der Waals surface area (Å²) in [5.74, 6) is -0.591. The zero-order chi connectivity index (χ0) is 20.2. The third kappa shape index (κ3) is 3.15. The van der Waals surface area contributed by atoms with Crippen molar-refractivity contribution in [2.75, 3.05) is 49.6 Å². The summed E-state index contributed by atoms with van der Waals surface area (Å²) in [4.78, 5) is 33.2. The molecule has 7 heteroatoms. The summed E-state index contributed by atoms with van der Waals surface area (Å²) in [7, 11) is 1.83. The van der Waals surface area contributed by atoms with Crippen LogP contribution < -0.4 is 9.80 Å². The standard InChI is InChI=1S/C22H24N4O3/c1-24-19-4-2-15(6-16(19)3-5-20(24)27)17-7-18(9-23-8-17)26-13-22(14-26)11-25(12-22)10-21(28)29/h2,4,6-9H,3,5,10-14H2,1H3,(H,28,29). The predicted molar refractivity (Wildman–Crippen MR) is 110 cm³/mol. The molecule has 2 saturated heterocycles. The molecular weight excluding hydrogens is 368 g/mol. The summed E-state index contributed by atoms with van der Waals surface area (Å²) in [6, 6.07) is 8.43. The quantitative estimate of drug-likeness (QED) is 0.856. The number of fused-ring (bicyclic) bond motifs is 1. The maximum absolute atomic E-state index is 11.9. The van der Waals surface area contributed by atoms with Gasteiger partial charge in [-0.3, -0.25) is 19.5 Å². The van der Waals surface area contributed by atoms with Crippen LogP contribution in [0.5, 0.6) is 0 Å². The zero-order valence-electron chi connectivity index (χ0n) is 16.5. The minimum absolute atomic E-state index is 0.137. The Morgan fingerprint density at radius 2 is 1.90 bits per heavy atom. The summed E-state index contributed by atoms with van der Waals surface area (Å²) < 4.78 is 0. The van der Waals surface area contributed by atoms with E-state index in [4.69, 9.17) is 5.11 Å². The van der Waals surface area contributed by atoms with Crippen molar-refractivity contribution in [2.45, 2.75) is 12.8 Å². The summed E-state index contributed by atoms with van der Waals surface area (Å²) >= 11 is 0. The number of aromatic nitrogens is 1. The number of nitrogens with zero attached hydrogens (tertiary/aromatic N) is 4. The summed E-state index contributed by atoms with van der Waals surface area (Å²) in [5, 5.41) is 8.90. The number of benzene rings is 1. The van der Waals surface area contributed by atoms with Gasteiger partial charge in [-0.15, -0.1) is 0 Å². The van der Waals surface area contributed by atoms with Gasteiger partial charge in [0.15, 0.2) is 0 Å². The molecule has 0 bridgehead atoms. The van der Waals surface area contributed by atoms with Crippen molar-refractivity contribution in [1.82, 2.24) is 9.88 Å². The second kappa shape index (κ2) is 6.56. The minimum atomic E-state index is -0.756. The Morgan fingerprint density at radius 1 is 1.10 bits per heavy atom. The SMILES string of the molecule is CN1C(=O)CCc2cc(-c3cncc(N4CC5(CN(CC(=O)O)C5)C4)c3)ccc21. The van der Waals surface area contributed by atoms with Crippen LogP contribution in [0, 0.1) is 5.41 Å². The number of rotatable bonds is 4.